The number of hydrogen-bond acceptors (Lipinski definition) is 6. The average molecular weight is 338 g/mol. The fourth-order valence-corrected chi connectivity index (χ4v) is 3.18. The Kier molecular flexibility index (Phi) is 4.01. The van der Waals surface area contributed by atoms with Crippen molar-refractivity contribution in [3.8, 4) is 0 Å². The molecule has 4 rings (SSSR count). The summed E-state index contributed by atoms with van der Waals surface area (Å²) in [5.74, 6) is 0.618. The number of fused-ring (bicyclic) bond motifs is 1. The number of nitrogens with zero attached hydrogens (tertiary/aromatic N) is 5. The lowest BCUT2D eigenvalue weighted by atomic mass is 10.1. The van der Waals surface area contributed by atoms with Gasteiger partial charge in [0, 0.05) is 49.8 Å². The fourth-order valence-electron chi connectivity index (χ4n) is 3.18. The van der Waals surface area contributed by atoms with E-state index in [0.29, 0.717) is 44.7 Å². The van der Waals surface area contributed by atoms with Gasteiger partial charge in [0.15, 0.2) is 5.82 Å². The Labute approximate surface area is 144 Å². The summed E-state index contributed by atoms with van der Waals surface area (Å²) in [6.45, 7) is 2.57. The van der Waals surface area contributed by atoms with E-state index >= 15 is 0 Å². The van der Waals surface area contributed by atoms with Crippen molar-refractivity contribution in [1.82, 2.24) is 20.5 Å². The molecular formula is C17H18N6O2. The van der Waals surface area contributed by atoms with E-state index in [0.717, 1.165) is 16.6 Å². The second-order valence-corrected chi connectivity index (χ2v) is 6.13. The predicted molar refractivity (Wildman–Crippen MR) is 93.1 cm³/mol. The van der Waals surface area contributed by atoms with Crippen LogP contribution in [0.5, 0.6) is 0 Å². The van der Waals surface area contributed by atoms with E-state index in [-0.39, 0.29) is 11.8 Å². The molecule has 0 radical (unpaired) electrons. The molecule has 0 spiro atoms. The Morgan fingerprint density at radius 2 is 1.88 bits per heavy atom. The highest BCUT2D eigenvalue weighted by molar-refractivity contribution is 6.39. The van der Waals surface area contributed by atoms with Gasteiger partial charge in [-0.3, -0.25) is 9.59 Å². The van der Waals surface area contributed by atoms with E-state index < -0.39 is 0 Å². The summed E-state index contributed by atoms with van der Waals surface area (Å²) in [7, 11) is 0. The first kappa shape index (κ1) is 15.5. The van der Waals surface area contributed by atoms with Gasteiger partial charge in [-0.15, -0.1) is 5.10 Å². The van der Waals surface area contributed by atoms with E-state index in [4.69, 9.17) is 0 Å². The van der Waals surface area contributed by atoms with E-state index in [1.807, 2.05) is 24.3 Å². The second-order valence-electron chi connectivity index (χ2n) is 6.13. The van der Waals surface area contributed by atoms with Gasteiger partial charge in [0.05, 0.1) is 6.20 Å². The van der Waals surface area contributed by atoms with Crippen LogP contribution in [-0.4, -0.2) is 58.8 Å². The highest BCUT2D eigenvalue weighted by atomic mass is 16.2. The summed E-state index contributed by atoms with van der Waals surface area (Å²) in [5.41, 5.74) is 2.81. The maximum atomic E-state index is 12.5. The summed E-state index contributed by atoms with van der Waals surface area (Å²) >= 11 is 0. The highest BCUT2D eigenvalue weighted by Gasteiger charge is 2.27. The number of piperazine rings is 1. The van der Waals surface area contributed by atoms with Crippen LogP contribution in [0.15, 0.2) is 35.6 Å². The zero-order valence-electron chi connectivity index (χ0n) is 13.7. The fraction of sp³-hybridized carbons (Fsp3) is 0.353. The molecule has 2 aliphatic rings. The number of carbonyl (C=O) groups is 2. The summed E-state index contributed by atoms with van der Waals surface area (Å²) in [6.07, 6.45) is 2.48. The van der Waals surface area contributed by atoms with Gasteiger partial charge < -0.3 is 9.80 Å². The number of hydrogen-bond donors (Lipinski definition) is 1. The predicted octanol–water partition coefficient (Wildman–Crippen LogP) is 0.544. The Morgan fingerprint density at radius 3 is 2.64 bits per heavy atom. The number of carbonyl (C=O) groups excluding carboxylic acids is 2. The van der Waals surface area contributed by atoms with Crippen molar-refractivity contribution in [3.63, 3.8) is 0 Å². The molecule has 128 valence electrons. The number of benzene rings is 1. The van der Waals surface area contributed by atoms with Gasteiger partial charge in [-0.05, 0) is 0 Å². The summed E-state index contributed by atoms with van der Waals surface area (Å²) in [4.78, 5) is 27.6. The molecule has 2 aliphatic heterocycles. The van der Waals surface area contributed by atoms with Crippen LogP contribution in [0.3, 0.4) is 0 Å². The Bertz CT molecular complexity index is 852. The molecular weight excluding hydrogens is 320 g/mol. The Morgan fingerprint density at radius 1 is 1.08 bits per heavy atom. The van der Waals surface area contributed by atoms with Gasteiger partial charge >= 0.3 is 0 Å². The molecule has 25 heavy (non-hydrogen) atoms. The molecule has 8 heteroatoms. The van der Waals surface area contributed by atoms with Crippen molar-refractivity contribution in [2.75, 3.05) is 31.1 Å². The zero-order valence-corrected chi connectivity index (χ0v) is 13.7. The van der Waals surface area contributed by atoms with Crippen LogP contribution in [0, 0.1) is 0 Å². The van der Waals surface area contributed by atoms with Crippen molar-refractivity contribution in [2.45, 2.75) is 12.8 Å². The van der Waals surface area contributed by atoms with Gasteiger partial charge in [-0.2, -0.15) is 10.2 Å². The van der Waals surface area contributed by atoms with Gasteiger partial charge in [0.2, 0.25) is 5.91 Å². The molecule has 1 saturated heterocycles. The minimum Gasteiger partial charge on any atom is -0.351 e. The zero-order chi connectivity index (χ0) is 17.2. The van der Waals surface area contributed by atoms with E-state index in [2.05, 4.69) is 25.6 Å². The summed E-state index contributed by atoms with van der Waals surface area (Å²) in [6, 6.07) is 8.02. The SMILES string of the molecule is O=C1CCC(C(=O)N2CCN(c3nncc4ccccc34)CC2)=NN1. The molecule has 1 fully saturated rings. The molecule has 1 aromatic carbocycles. The number of amides is 2. The summed E-state index contributed by atoms with van der Waals surface area (Å²) in [5, 5.41) is 14.4. The molecule has 3 heterocycles. The van der Waals surface area contributed by atoms with E-state index in [1.54, 1.807) is 11.1 Å². The molecule has 0 aliphatic carbocycles. The molecule has 0 unspecified atom stereocenters. The maximum Gasteiger partial charge on any atom is 0.270 e. The molecule has 2 aromatic rings. The number of nitrogens with one attached hydrogen (secondary N) is 1. The first-order valence-electron chi connectivity index (χ1n) is 8.32. The quantitative estimate of drug-likeness (QED) is 0.863. The van der Waals surface area contributed by atoms with Crippen LogP contribution in [-0.2, 0) is 9.59 Å². The van der Waals surface area contributed by atoms with Crippen molar-refractivity contribution < 1.29 is 9.59 Å². The Hall–Kier alpha value is -3.03. The first-order valence-corrected chi connectivity index (χ1v) is 8.32. The maximum absolute atomic E-state index is 12.5. The average Bonchev–Trinajstić information content (AvgIpc) is 2.68. The van der Waals surface area contributed by atoms with Crippen LogP contribution < -0.4 is 10.3 Å². The van der Waals surface area contributed by atoms with Crippen LogP contribution in [0.1, 0.15) is 12.8 Å². The lowest BCUT2D eigenvalue weighted by Gasteiger charge is -2.35. The van der Waals surface area contributed by atoms with E-state index in [9.17, 15) is 9.59 Å². The smallest absolute Gasteiger partial charge is 0.270 e. The number of rotatable bonds is 2. The topological polar surface area (TPSA) is 90.8 Å². The van der Waals surface area contributed by atoms with Gasteiger partial charge in [0.1, 0.15) is 5.71 Å². The molecule has 8 nitrogen and oxygen atoms in total. The Balaban J connectivity index is 1.46. The van der Waals surface area contributed by atoms with Crippen LogP contribution in [0.2, 0.25) is 0 Å². The molecule has 0 atom stereocenters. The number of aromatic nitrogens is 2. The largest absolute Gasteiger partial charge is 0.351 e. The van der Waals surface area contributed by atoms with Crippen molar-refractivity contribution in [3.05, 3.63) is 30.5 Å². The highest BCUT2D eigenvalue weighted by Crippen LogP contribution is 2.24. The standard InChI is InChI=1S/C17H18N6O2/c24-15-6-5-14(19-20-15)17(25)23-9-7-22(8-10-23)16-13-4-2-1-3-12(13)11-18-21-16/h1-4,11H,5-10H2,(H,20,24). The van der Waals surface area contributed by atoms with Crippen molar-refractivity contribution >= 4 is 34.1 Å². The van der Waals surface area contributed by atoms with Crippen molar-refractivity contribution in [2.24, 2.45) is 5.10 Å². The molecule has 2 amide bonds. The van der Waals surface area contributed by atoms with Gasteiger partial charge in [0.25, 0.3) is 5.91 Å². The van der Waals surface area contributed by atoms with E-state index in [1.165, 1.54) is 0 Å². The third-order valence-electron chi connectivity index (χ3n) is 4.57. The molecule has 1 N–H and O–H groups in total. The normalized spacial score (nSPS) is 18.1. The number of anilines is 1. The molecule has 0 bridgehead atoms. The van der Waals surface area contributed by atoms with Gasteiger partial charge in [-0.1, -0.05) is 24.3 Å². The third kappa shape index (κ3) is 3.02. The van der Waals surface area contributed by atoms with Crippen molar-refractivity contribution in [1.29, 1.82) is 0 Å². The van der Waals surface area contributed by atoms with Crippen LogP contribution >= 0.6 is 0 Å². The lowest BCUT2D eigenvalue weighted by molar-refractivity contribution is -0.124. The third-order valence-corrected chi connectivity index (χ3v) is 4.57. The summed E-state index contributed by atoms with van der Waals surface area (Å²) < 4.78 is 0. The second kappa shape index (κ2) is 6.46. The van der Waals surface area contributed by atoms with Crippen LogP contribution in [0.25, 0.3) is 10.8 Å². The lowest BCUT2D eigenvalue weighted by Crippen LogP contribution is -2.51. The number of hydrazone groups is 1. The minimum absolute atomic E-state index is 0.0938. The molecule has 1 aromatic heterocycles. The van der Waals surface area contributed by atoms with Gasteiger partial charge in [-0.25, -0.2) is 5.43 Å². The molecule has 0 saturated carbocycles. The first-order chi connectivity index (χ1) is 12.2. The minimum atomic E-state index is -0.143. The monoisotopic (exact) mass is 338 g/mol. The van der Waals surface area contributed by atoms with Crippen LogP contribution in [0.4, 0.5) is 5.82 Å².